The van der Waals surface area contributed by atoms with Gasteiger partial charge in [0.1, 0.15) is 17.2 Å². The Hall–Kier alpha value is -1.85. The molecule has 11 heteroatoms. The van der Waals surface area contributed by atoms with Crippen molar-refractivity contribution in [3.8, 4) is 17.2 Å². The second-order valence-corrected chi connectivity index (χ2v) is 7.68. The van der Waals surface area contributed by atoms with E-state index < -0.39 is 25.8 Å². The minimum Gasteiger partial charge on any atom is -0.409 e. The van der Waals surface area contributed by atoms with Crippen molar-refractivity contribution in [2.24, 2.45) is 0 Å². The molecule has 0 amide bonds. The van der Waals surface area contributed by atoms with E-state index in [-0.39, 0.29) is 0 Å². The summed E-state index contributed by atoms with van der Waals surface area (Å²) in [6, 6.07) is 28.5. The lowest BCUT2D eigenvalue weighted by molar-refractivity contribution is 0.324. The first-order chi connectivity index (χ1) is 14.0. The van der Waals surface area contributed by atoms with Crippen molar-refractivity contribution >= 4 is 25.8 Å². The van der Waals surface area contributed by atoms with E-state index in [2.05, 4.69) is 4.31 Å². The second kappa shape index (κ2) is 13.4. The molecular weight excluding hydrogens is 437 g/mol. The Balaban J connectivity index is 0.000000370. The Bertz CT molecular complexity index is 689. The number of benzene rings is 3. The standard InChI is InChI=1S/C18H15O3P.H4O5P2/c1-4-10-16(11-5-1)19-22(20-17-12-6-2-7-13-17)21-18-14-8-3-9-15-18;1-6(2)5-7(3)4/h1-15H;1-4H. The van der Waals surface area contributed by atoms with E-state index in [1.807, 2.05) is 91.0 Å². The smallest absolute Gasteiger partial charge is 0.409 e. The highest BCUT2D eigenvalue weighted by Crippen LogP contribution is 2.42. The zero-order chi connectivity index (χ0) is 20.9. The molecular formula is C18H19O8P3. The molecule has 0 spiro atoms. The van der Waals surface area contributed by atoms with E-state index in [1.165, 1.54) is 0 Å². The molecule has 0 bridgehead atoms. The lowest BCUT2D eigenvalue weighted by Gasteiger charge is -2.17. The highest BCUT2D eigenvalue weighted by atomic mass is 31.2. The molecule has 0 aliphatic carbocycles. The zero-order valence-corrected chi connectivity index (χ0v) is 17.6. The Kier molecular flexibility index (Phi) is 10.8. The number of hydrogen-bond donors (Lipinski definition) is 4. The van der Waals surface area contributed by atoms with E-state index >= 15 is 0 Å². The van der Waals surface area contributed by atoms with Crippen LogP contribution >= 0.6 is 25.8 Å². The van der Waals surface area contributed by atoms with E-state index in [4.69, 9.17) is 33.1 Å². The van der Waals surface area contributed by atoms with Gasteiger partial charge in [0.15, 0.2) is 0 Å². The van der Waals surface area contributed by atoms with Crippen LogP contribution in [0.5, 0.6) is 17.2 Å². The average molecular weight is 456 g/mol. The fraction of sp³-hybridized carbons (Fsp3) is 0. The maximum absolute atomic E-state index is 7.82. The third-order valence-corrected chi connectivity index (χ3v) is 5.16. The predicted octanol–water partition coefficient (Wildman–Crippen LogP) is 4.88. The van der Waals surface area contributed by atoms with Gasteiger partial charge in [0.05, 0.1) is 0 Å². The van der Waals surface area contributed by atoms with Crippen LogP contribution in [-0.2, 0) is 4.31 Å². The molecule has 0 aliphatic rings. The number of para-hydroxylation sites is 3. The first-order valence-electron chi connectivity index (χ1n) is 8.06. The molecule has 0 saturated carbocycles. The van der Waals surface area contributed by atoms with Gasteiger partial charge < -0.3 is 33.1 Å². The Morgan fingerprint density at radius 1 is 0.448 bits per heavy atom. The molecule has 4 N–H and O–H groups in total. The minimum absolute atomic E-state index is 0.709. The fourth-order valence-electron chi connectivity index (χ4n) is 1.82. The number of rotatable bonds is 8. The van der Waals surface area contributed by atoms with Crippen LogP contribution < -0.4 is 13.6 Å². The van der Waals surface area contributed by atoms with Gasteiger partial charge in [-0.2, -0.15) is 0 Å². The zero-order valence-electron chi connectivity index (χ0n) is 14.9. The molecule has 0 aromatic heterocycles. The van der Waals surface area contributed by atoms with Crippen LogP contribution in [0.4, 0.5) is 0 Å². The van der Waals surface area contributed by atoms with Gasteiger partial charge in [-0.15, -0.1) is 0 Å². The summed E-state index contributed by atoms with van der Waals surface area (Å²) in [5.41, 5.74) is 0. The molecule has 0 aliphatic heterocycles. The molecule has 0 heterocycles. The van der Waals surface area contributed by atoms with Gasteiger partial charge in [-0.05, 0) is 36.4 Å². The van der Waals surface area contributed by atoms with Gasteiger partial charge in [0.2, 0.25) is 0 Å². The van der Waals surface area contributed by atoms with Gasteiger partial charge in [-0.1, -0.05) is 54.6 Å². The van der Waals surface area contributed by atoms with E-state index in [9.17, 15) is 0 Å². The van der Waals surface area contributed by atoms with Crippen LogP contribution in [0.25, 0.3) is 0 Å². The van der Waals surface area contributed by atoms with Gasteiger partial charge >= 0.3 is 25.8 Å². The predicted molar refractivity (Wildman–Crippen MR) is 112 cm³/mol. The van der Waals surface area contributed by atoms with Crippen molar-refractivity contribution < 1.29 is 37.5 Å². The summed E-state index contributed by atoms with van der Waals surface area (Å²) in [5, 5.41) is 0. The van der Waals surface area contributed by atoms with E-state index in [0.29, 0.717) is 17.2 Å². The second-order valence-electron chi connectivity index (χ2n) is 5.02. The van der Waals surface area contributed by atoms with E-state index in [0.717, 1.165) is 0 Å². The van der Waals surface area contributed by atoms with Crippen LogP contribution in [0.1, 0.15) is 0 Å². The summed E-state index contributed by atoms with van der Waals surface area (Å²) in [6.45, 7) is 0. The van der Waals surface area contributed by atoms with E-state index in [1.54, 1.807) is 0 Å². The molecule has 0 saturated heterocycles. The van der Waals surface area contributed by atoms with Crippen LogP contribution in [0.3, 0.4) is 0 Å². The van der Waals surface area contributed by atoms with Crippen molar-refractivity contribution in [2.75, 3.05) is 0 Å². The maximum Gasteiger partial charge on any atom is 0.530 e. The largest absolute Gasteiger partial charge is 0.530 e. The van der Waals surface area contributed by atoms with Crippen molar-refractivity contribution in [1.82, 2.24) is 0 Å². The first-order valence-corrected chi connectivity index (χ1v) is 11.5. The van der Waals surface area contributed by atoms with Gasteiger partial charge in [0.25, 0.3) is 0 Å². The van der Waals surface area contributed by atoms with Crippen LogP contribution in [0, 0.1) is 0 Å². The Morgan fingerprint density at radius 3 is 0.931 bits per heavy atom. The number of hydrogen-bond acceptors (Lipinski definition) is 8. The molecule has 3 aromatic carbocycles. The normalized spacial score (nSPS) is 10.4. The van der Waals surface area contributed by atoms with Gasteiger partial charge in [-0.25, -0.2) is 4.31 Å². The molecule has 0 unspecified atom stereocenters. The van der Waals surface area contributed by atoms with Crippen molar-refractivity contribution in [1.29, 1.82) is 0 Å². The molecule has 3 rings (SSSR count). The van der Waals surface area contributed by atoms with Crippen molar-refractivity contribution in [2.45, 2.75) is 0 Å². The molecule has 0 atom stereocenters. The van der Waals surface area contributed by atoms with Crippen LogP contribution in [0.2, 0.25) is 0 Å². The van der Waals surface area contributed by atoms with Crippen molar-refractivity contribution in [3.05, 3.63) is 91.0 Å². The maximum atomic E-state index is 7.82. The highest BCUT2D eigenvalue weighted by molar-refractivity contribution is 7.53. The summed E-state index contributed by atoms with van der Waals surface area (Å²) < 4.78 is 21.1. The lowest BCUT2D eigenvalue weighted by atomic mass is 10.3. The van der Waals surface area contributed by atoms with Crippen LogP contribution in [-0.4, -0.2) is 19.6 Å². The molecule has 8 nitrogen and oxygen atoms in total. The average Bonchev–Trinajstić information content (AvgIpc) is 2.70. The van der Waals surface area contributed by atoms with Crippen molar-refractivity contribution in [3.63, 3.8) is 0 Å². The first kappa shape index (κ1) is 23.4. The summed E-state index contributed by atoms with van der Waals surface area (Å²) in [5.74, 6) is 2.13. The summed E-state index contributed by atoms with van der Waals surface area (Å²) in [4.78, 5) is 31.3. The molecule has 0 radical (unpaired) electrons. The summed E-state index contributed by atoms with van der Waals surface area (Å²) >= 11 is 0. The third-order valence-electron chi connectivity index (χ3n) is 2.92. The molecule has 0 fully saturated rings. The lowest BCUT2D eigenvalue weighted by Crippen LogP contribution is -2.02. The highest BCUT2D eigenvalue weighted by Gasteiger charge is 2.19. The summed E-state index contributed by atoms with van der Waals surface area (Å²) in [7, 11) is -6.81. The van der Waals surface area contributed by atoms with Gasteiger partial charge in [-0.3, -0.25) is 0 Å². The Morgan fingerprint density at radius 2 is 0.724 bits per heavy atom. The SMILES string of the molecule is OP(O)OP(O)O.c1ccc(OP(Oc2ccccc2)Oc2ccccc2)cc1. The molecule has 29 heavy (non-hydrogen) atoms. The fourth-order valence-corrected chi connectivity index (χ4v) is 3.34. The van der Waals surface area contributed by atoms with Gasteiger partial charge in [0, 0.05) is 0 Å². The minimum atomic E-state index is -2.61. The summed E-state index contributed by atoms with van der Waals surface area (Å²) in [6.07, 6.45) is 0. The molecule has 3 aromatic rings. The monoisotopic (exact) mass is 456 g/mol. The van der Waals surface area contributed by atoms with Crippen LogP contribution in [0.15, 0.2) is 91.0 Å². The third kappa shape index (κ3) is 10.5. The quantitative estimate of drug-likeness (QED) is 0.355. The molecule has 154 valence electrons. The topological polar surface area (TPSA) is 118 Å². The Labute approximate surface area is 171 Å².